The molecule has 114 valence electrons. The Bertz CT molecular complexity index is 668. The highest BCUT2D eigenvalue weighted by Gasteiger charge is 2.15. The van der Waals surface area contributed by atoms with E-state index in [9.17, 15) is 4.79 Å². The van der Waals surface area contributed by atoms with Crippen LogP contribution in [0, 0.1) is 0 Å². The minimum absolute atomic E-state index is 0.106. The maximum atomic E-state index is 12.2. The predicted octanol–water partition coefficient (Wildman–Crippen LogP) is 3.37. The number of carbonyl (C=O) groups excluding carboxylic acids is 1. The van der Waals surface area contributed by atoms with E-state index in [1.165, 1.54) is 18.5 Å². The molecule has 1 amide bonds. The zero-order valence-corrected chi connectivity index (χ0v) is 13.8. The molecule has 2 aromatic rings. The summed E-state index contributed by atoms with van der Waals surface area (Å²) < 4.78 is 0.803. The maximum Gasteiger partial charge on any atom is 0.253 e. The van der Waals surface area contributed by atoms with E-state index in [1.807, 2.05) is 6.07 Å². The molecular weight excluding hydrogens is 342 g/mol. The lowest BCUT2D eigenvalue weighted by molar-refractivity contribution is 0.0950. The first-order valence-corrected chi connectivity index (χ1v) is 8.25. The summed E-state index contributed by atoms with van der Waals surface area (Å²) in [4.78, 5) is 18.6. The van der Waals surface area contributed by atoms with Crippen molar-refractivity contribution in [3.63, 3.8) is 0 Å². The van der Waals surface area contributed by atoms with Crippen molar-refractivity contribution < 1.29 is 4.79 Å². The van der Waals surface area contributed by atoms with Gasteiger partial charge in [-0.05, 0) is 46.5 Å². The summed E-state index contributed by atoms with van der Waals surface area (Å²) in [6, 6.07) is 10.0. The second kappa shape index (κ2) is 6.92. The van der Waals surface area contributed by atoms with E-state index in [0.29, 0.717) is 12.1 Å². The van der Waals surface area contributed by atoms with Crippen molar-refractivity contribution in [2.24, 2.45) is 0 Å². The number of pyridine rings is 1. The summed E-state index contributed by atoms with van der Waals surface area (Å²) in [5.41, 5.74) is 2.95. The quantitative estimate of drug-likeness (QED) is 0.909. The van der Waals surface area contributed by atoms with E-state index < -0.39 is 0 Å². The van der Waals surface area contributed by atoms with Crippen molar-refractivity contribution >= 4 is 27.5 Å². The summed E-state index contributed by atoms with van der Waals surface area (Å²) in [5.74, 6) is -0.106. The van der Waals surface area contributed by atoms with Crippen molar-refractivity contribution in [2.75, 3.05) is 18.0 Å². The van der Waals surface area contributed by atoms with Gasteiger partial charge in [-0.2, -0.15) is 0 Å². The number of hydrogen-bond acceptors (Lipinski definition) is 3. The largest absolute Gasteiger partial charge is 0.371 e. The zero-order chi connectivity index (χ0) is 15.4. The normalized spacial score (nSPS) is 14.1. The molecule has 0 aliphatic carbocycles. The molecule has 0 spiro atoms. The Morgan fingerprint density at radius 2 is 2.00 bits per heavy atom. The van der Waals surface area contributed by atoms with Crippen LogP contribution in [0.3, 0.4) is 0 Å². The van der Waals surface area contributed by atoms with Crippen LogP contribution in [0.5, 0.6) is 0 Å². The van der Waals surface area contributed by atoms with Crippen LogP contribution in [-0.4, -0.2) is 24.0 Å². The van der Waals surface area contributed by atoms with Gasteiger partial charge >= 0.3 is 0 Å². The molecule has 0 bridgehead atoms. The van der Waals surface area contributed by atoms with E-state index in [-0.39, 0.29) is 5.91 Å². The Morgan fingerprint density at radius 3 is 2.77 bits per heavy atom. The van der Waals surface area contributed by atoms with Crippen LogP contribution >= 0.6 is 15.9 Å². The number of halogens is 1. The molecule has 2 heterocycles. The average Bonchev–Trinajstić information content (AvgIpc) is 3.07. The predicted molar refractivity (Wildman–Crippen MR) is 91.0 cm³/mol. The first kappa shape index (κ1) is 15.0. The number of benzene rings is 1. The standard InChI is InChI=1S/C17H18BrN3O/c18-15-9-14(10-19-12-15)17(22)20-11-13-5-1-2-6-16(13)21-7-3-4-8-21/h1-2,5-6,9-10,12H,3-4,7-8,11H2,(H,20,22). The summed E-state index contributed by atoms with van der Waals surface area (Å²) in [6.07, 6.45) is 5.72. The Labute approximate surface area is 138 Å². The molecule has 0 atom stereocenters. The minimum Gasteiger partial charge on any atom is -0.371 e. The van der Waals surface area contributed by atoms with Gasteiger partial charge in [0, 0.05) is 42.2 Å². The highest BCUT2D eigenvalue weighted by atomic mass is 79.9. The van der Waals surface area contributed by atoms with Crippen LogP contribution in [0.15, 0.2) is 47.2 Å². The molecule has 0 unspecified atom stereocenters. The summed E-state index contributed by atoms with van der Waals surface area (Å²) >= 11 is 3.33. The van der Waals surface area contributed by atoms with Gasteiger partial charge in [-0.15, -0.1) is 0 Å². The molecule has 1 fully saturated rings. The van der Waals surface area contributed by atoms with Gasteiger partial charge < -0.3 is 10.2 Å². The second-order valence-corrected chi connectivity index (χ2v) is 6.31. The Hall–Kier alpha value is -1.88. The van der Waals surface area contributed by atoms with Crippen LogP contribution in [-0.2, 0) is 6.54 Å². The number of hydrogen-bond donors (Lipinski definition) is 1. The number of aromatic nitrogens is 1. The van der Waals surface area contributed by atoms with Crippen molar-refractivity contribution in [3.8, 4) is 0 Å². The third-order valence-corrected chi connectivity index (χ3v) is 4.28. The fourth-order valence-corrected chi connectivity index (χ4v) is 3.11. The lowest BCUT2D eigenvalue weighted by atomic mass is 10.1. The Balaban J connectivity index is 1.70. The van der Waals surface area contributed by atoms with E-state index in [0.717, 1.165) is 23.1 Å². The lowest BCUT2D eigenvalue weighted by Crippen LogP contribution is -2.25. The highest BCUT2D eigenvalue weighted by Crippen LogP contribution is 2.24. The molecule has 1 saturated heterocycles. The number of anilines is 1. The van der Waals surface area contributed by atoms with E-state index >= 15 is 0 Å². The van der Waals surface area contributed by atoms with Crippen LogP contribution in [0.4, 0.5) is 5.69 Å². The zero-order valence-electron chi connectivity index (χ0n) is 12.3. The van der Waals surface area contributed by atoms with Crippen LogP contribution in [0.1, 0.15) is 28.8 Å². The van der Waals surface area contributed by atoms with Crippen LogP contribution in [0.25, 0.3) is 0 Å². The van der Waals surface area contributed by atoms with E-state index in [1.54, 1.807) is 18.5 Å². The van der Waals surface area contributed by atoms with Crippen LogP contribution < -0.4 is 10.2 Å². The van der Waals surface area contributed by atoms with Crippen molar-refractivity contribution in [1.82, 2.24) is 10.3 Å². The Kier molecular flexibility index (Phi) is 4.73. The van der Waals surface area contributed by atoms with E-state index in [2.05, 4.69) is 49.3 Å². The number of nitrogens with zero attached hydrogens (tertiary/aromatic N) is 2. The first-order chi connectivity index (χ1) is 10.7. The molecule has 5 heteroatoms. The fourth-order valence-electron chi connectivity index (χ4n) is 2.74. The summed E-state index contributed by atoms with van der Waals surface area (Å²) in [6.45, 7) is 2.72. The molecule has 0 radical (unpaired) electrons. The van der Waals surface area contributed by atoms with Gasteiger partial charge in [-0.1, -0.05) is 18.2 Å². The second-order valence-electron chi connectivity index (χ2n) is 5.40. The third-order valence-electron chi connectivity index (χ3n) is 3.84. The van der Waals surface area contributed by atoms with Gasteiger partial charge in [0.05, 0.1) is 5.56 Å². The Morgan fingerprint density at radius 1 is 1.23 bits per heavy atom. The number of amides is 1. The molecule has 1 N–H and O–H groups in total. The molecular formula is C17H18BrN3O. The topological polar surface area (TPSA) is 45.2 Å². The highest BCUT2D eigenvalue weighted by molar-refractivity contribution is 9.10. The fraction of sp³-hybridized carbons (Fsp3) is 0.294. The van der Waals surface area contributed by atoms with Gasteiger partial charge in [-0.3, -0.25) is 9.78 Å². The lowest BCUT2D eigenvalue weighted by Gasteiger charge is -2.21. The molecule has 1 aliphatic rings. The smallest absolute Gasteiger partial charge is 0.253 e. The van der Waals surface area contributed by atoms with Crippen LogP contribution in [0.2, 0.25) is 0 Å². The first-order valence-electron chi connectivity index (χ1n) is 7.45. The SMILES string of the molecule is O=C(NCc1ccccc1N1CCCC1)c1cncc(Br)c1. The minimum atomic E-state index is -0.106. The summed E-state index contributed by atoms with van der Waals surface area (Å²) in [7, 11) is 0. The number of nitrogens with one attached hydrogen (secondary N) is 1. The molecule has 3 rings (SSSR count). The van der Waals surface area contributed by atoms with Gasteiger partial charge in [0.1, 0.15) is 0 Å². The molecule has 1 aromatic carbocycles. The monoisotopic (exact) mass is 359 g/mol. The number of rotatable bonds is 4. The number of para-hydroxylation sites is 1. The summed E-state index contributed by atoms with van der Waals surface area (Å²) in [5, 5.41) is 2.98. The van der Waals surface area contributed by atoms with E-state index in [4.69, 9.17) is 0 Å². The average molecular weight is 360 g/mol. The van der Waals surface area contributed by atoms with Crippen molar-refractivity contribution in [1.29, 1.82) is 0 Å². The van der Waals surface area contributed by atoms with Gasteiger partial charge in [-0.25, -0.2) is 0 Å². The molecule has 1 aromatic heterocycles. The van der Waals surface area contributed by atoms with Gasteiger partial charge in [0.15, 0.2) is 0 Å². The number of carbonyl (C=O) groups is 1. The third kappa shape index (κ3) is 3.47. The van der Waals surface area contributed by atoms with Crippen molar-refractivity contribution in [3.05, 3.63) is 58.3 Å². The molecule has 1 aliphatic heterocycles. The van der Waals surface area contributed by atoms with Gasteiger partial charge in [0.2, 0.25) is 0 Å². The maximum absolute atomic E-state index is 12.2. The van der Waals surface area contributed by atoms with Crippen molar-refractivity contribution in [2.45, 2.75) is 19.4 Å². The van der Waals surface area contributed by atoms with Gasteiger partial charge in [0.25, 0.3) is 5.91 Å². The molecule has 22 heavy (non-hydrogen) atoms. The molecule has 0 saturated carbocycles. The molecule has 4 nitrogen and oxygen atoms in total.